The van der Waals surface area contributed by atoms with E-state index < -0.39 is 5.97 Å². The largest absolute Gasteiger partial charge is 0.451 e. The summed E-state index contributed by atoms with van der Waals surface area (Å²) >= 11 is 0. The highest BCUT2D eigenvalue weighted by atomic mass is 16.5. The van der Waals surface area contributed by atoms with Gasteiger partial charge in [0.1, 0.15) is 0 Å². The highest BCUT2D eigenvalue weighted by Gasteiger charge is 2.20. The summed E-state index contributed by atoms with van der Waals surface area (Å²) < 4.78 is 6.81. The molecule has 0 aliphatic carbocycles. The van der Waals surface area contributed by atoms with Crippen LogP contribution in [0.5, 0.6) is 0 Å². The number of esters is 1. The molecule has 29 heavy (non-hydrogen) atoms. The van der Waals surface area contributed by atoms with Crippen molar-refractivity contribution in [2.45, 2.75) is 32.7 Å². The van der Waals surface area contributed by atoms with E-state index in [0.29, 0.717) is 5.69 Å². The summed E-state index contributed by atoms with van der Waals surface area (Å²) in [4.78, 5) is 24.8. The van der Waals surface area contributed by atoms with Gasteiger partial charge < -0.3 is 10.1 Å². The van der Waals surface area contributed by atoms with Crippen molar-refractivity contribution >= 4 is 11.9 Å². The first-order chi connectivity index (χ1) is 14.1. The Labute approximate surface area is 170 Å². The van der Waals surface area contributed by atoms with Gasteiger partial charge in [-0.05, 0) is 31.5 Å². The molecule has 1 amide bonds. The topological polar surface area (TPSA) is 73.2 Å². The van der Waals surface area contributed by atoms with Crippen LogP contribution in [-0.4, -0.2) is 34.3 Å². The summed E-state index contributed by atoms with van der Waals surface area (Å²) in [5.41, 5.74) is 2.55. The Morgan fingerprint density at radius 3 is 2.38 bits per heavy atom. The van der Waals surface area contributed by atoms with E-state index in [2.05, 4.69) is 17.3 Å². The monoisotopic (exact) mass is 391 g/mol. The van der Waals surface area contributed by atoms with Gasteiger partial charge in [-0.1, -0.05) is 61.9 Å². The predicted molar refractivity (Wildman–Crippen MR) is 112 cm³/mol. The standard InChI is InChI=1S/C23H25N3O3/c1-3-10-17(2)24-22(27)16-29-23(28)21-15-20(18-11-6-4-7-12-18)25-26(21)19-13-8-5-9-14-19/h4-9,11-15,17H,3,10,16H2,1-2H3,(H,24,27)/t17-/m1/s1. The van der Waals surface area contributed by atoms with Crippen LogP contribution in [0, 0.1) is 0 Å². The first-order valence-electron chi connectivity index (χ1n) is 9.76. The first-order valence-corrected chi connectivity index (χ1v) is 9.76. The molecule has 3 aromatic rings. The lowest BCUT2D eigenvalue weighted by Crippen LogP contribution is -2.35. The van der Waals surface area contributed by atoms with E-state index in [9.17, 15) is 9.59 Å². The minimum atomic E-state index is -0.596. The van der Waals surface area contributed by atoms with E-state index in [0.717, 1.165) is 24.1 Å². The smallest absolute Gasteiger partial charge is 0.357 e. The van der Waals surface area contributed by atoms with Gasteiger partial charge in [-0.15, -0.1) is 0 Å². The molecule has 150 valence electrons. The van der Waals surface area contributed by atoms with Crippen LogP contribution in [0.2, 0.25) is 0 Å². The SMILES string of the molecule is CCC[C@@H](C)NC(=O)COC(=O)c1cc(-c2ccccc2)nn1-c1ccccc1. The van der Waals surface area contributed by atoms with Crippen LogP contribution in [0.4, 0.5) is 0 Å². The number of amides is 1. The van der Waals surface area contributed by atoms with Gasteiger partial charge in [-0.25, -0.2) is 9.48 Å². The van der Waals surface area contributed by atoms with E-state index in [4.69, 9.17) is 4.74 Å². The molecule has 3 rings (SSSR count). The second kappa shape index (κ2) is 9.68. The minimum absolute atomic E-state index is 0.0470. The number of nitrogens with one attached hydrogen (secondary N) is 1. The average molecular weight is 391 g/mol. The molecule has 6 nitrogen and oxygen atoms in total. The molecule has 0 saturated heterocycles. The number of rotatable bonds is 8. The molecule has 0 aliphatic rings. The molecule has 0 saturated carbocycles. The quantitative estimate of drug-likeness (QED) is 0.589. The third-order valence-corrected chi connectivity index (χ3v) is 4.45. The number of para-hydroxylation sites is 1. The lowest BCUT2D eigenvalue weighted by molar-refractivity contribution is -0.124. The molecule has 0 bridgehead atoms. The number of ether oxygens (including phenoxy) is 1. The van der Waals surface area contributed by atoms with Gasteiger partial charge in [0, 0.05) is 11.6 Å². The van der Waals surface area contributed by atoms with Gasteiger partial charge in [0.2, 0.25) is 0 Å². The van der Waals surface area contributed by atoms with Crippen molar-refractivity contribution < 1.29 is 14.3 Å². The fourth-order valence-corrected chi connectivity index (χ4v) is 3.07. The zero-order valence-electron chi connectivity index (χ0n) is 16.7. The van der Waals surface area contributed by atoms with Crippen molar-refractivity contribution in [2.24, 2.45) is 0 Å². The molecule has 0 aliphatic heterocycles. The predicted octanol–water partition coefficient (Wildman–Crippen LogP) is 4.00. The molecule has 1 aromatic heterocycles. The minimum Gasteiger partial charge on any atom is -0.451 e. The maximum Gasteiger partial charge on any atom is 0.357 e. The number of hydrogen-bond acceptors (Lipinski definition) is 4. The summed E-state index contributed by atoms with van der Waals surface area (Å²) in [5, 5.41) is 7.41. The van der Waals surface area contributed by atoms with E-state index in [1.807, 2.05) is 67.6 Å². The number of benzene rings is 2. The van der Waals surface area contributed by atoms with Crippen LogP contribution in [0.15, 0.2) is 66.7 Å². The molecule has 0 fully saturated rings. The number of carbonyl (C=O) groups is 2. The lowest BCUT2D eigenvalue weighted by Gasteiger charge is -2.13. The zero-order valence-corrected chi connectivity index (χ0v) is 16.7. The zero-order chi connectivity index (χ0) is 20.6. The van der Waals surface area contributed by atoms with Crippen molar-refractivity contribution in [2.75, 3.05) is 6.61 Å². The van der Waals surface area contributed by atoms with Gasteiger partial charge in [0.05, 0.1) is 11.4 Å². The summed E-state index contributed by atoms with van der Waals surface area (Å²) in [6.45, 7) is 3.66. The fourth-order valence-electron chi connectivity index (χ4n) is 3.07. The number of carbonyl (C=O) groups excluding carboxylic acids is 2. The van der Waals surface area contributed by atoms with Crippen LogP contribution in [0.1, 0.15) is 37.2 Å². The Morgan fingerprint density at radius 1 is 1.07 bits per heavy atom. The Morgan fingerprint density at radius 2 is 1.72 bits per heavy atom. The van der Waals surface area contributed by atoms with Crippen molar-refractivity contribution in [1.82, 2.24) is 15.1 Å². The summed E-state index contributed by atoms with van der Waals surface area (Å²) in [7, 11) is 0. The van der Waals surface area contributed by atoms with Crippen LogP contribution < -0.4 is 5.32 Å². The fraction of sp³-hybridized carbons (Fsp3) is 0.261. The second-order valence-corrected chi connectivity index (χ2v) is 6.86. The van der Waals surface area contributed by atoms with Gasteiger partial charge in [-0.3, -0.25) is 4.79 Å². The van der Waals surface area contributed by atoms with Crippen molar-refractivity contribution in [3.8, 4) is 16.9 Å². The molecular formula is C23H25N3O3. The van der Waals surface area contributed by atoms with Gasteiger partial charge >= 0.3 is 5.97 Å². The van der Waals surface area contributed by atoms with E-state index >= 15 is 0 Å². The Hall–Kier alpha value is -3.41. The number of nitrogens with zero attached hydrogens (tertiary/aromatic N) is 2. The molecule has 1 atom stereocenters. The highest BCUT2D eigenvalue weighted by molar-refractivity contribution is 5.91. The molecule has 0 unspecified atom stereocenters. The van der Waals surface area contributed by atoms with Gasteiger partial charge in [-0.2, -0.15) is 5.10 Å². The Balaban J connectivity index is 1.80. The Bertz CT molecular complexity index is 952. The van der Waals surface area contributed by atoms with Crippen molar-refractivity contribution in [3.63, 3.8) is 0 Å². The maximum atomic E-state index is 12.7. The summed E-state index contributed by atoms with van der Waals surface area (Å²) in [5.74, 6) is -0.907. The van der Waals surface area contributed by atoms with Gasteiger partial charge in [0.25, 0.3) is 5.91 Å². The second-order valence-electron chi connectivity index (χ2n) is 6.86. The third kappa shape index (κ3) is 5.31. The lowest BCUT2D eigenvalue weighted by atomic mass is 10.1. The van der Waals surface area contributed by atoms with Gasteiger partial charge in [0.15, 0.2) is 12.3 Å². The summed E-state index contributed by atoms with van der Waals surface area (Å²) in [6.07, 6.45) is 1.85. The van der Waals surface area contributed by atoms with Crippen LogP contribution in [0.25, 0.3) is 16.9 Å². The van der Waals surface area contributed by atoms with Crippen LogP contribution in [0.3, 0.4) is 0 Å². The van der Waals surface area contributed by atoms with Crippen LogP contribution in [-0.2, 0) is 9.53 Å². The van der Waals surface area contributed by atoms with E-state index in [-0.39, 0.29) is 24.2 Å². The number of aromatic nitrogens is 2. The molecule has 0 spiro atoms. The molecule has 0 radical (unpaired) electrons. The molecule has 1 N–H and O–H groups in total. The first kappa shape index (κ1) is 20.3. The third-order valence-electron chi connectivity index (χ3n) is 4.45. The normalized spacial score (nSPS) is 11.7. The van der Waals surface area contributed by atoms with Crippen LogP contribution >= 0.6 is 0 Å². The van der Waals surface area contributed by atoms with E-state index in [1.165, 1.54) is 0 Å². The summed E-state index contributed by atoms with van der Waals surface area (Å²) in [6, 6.07) is 20.7. The Kier molecular flexibility index (Phi) is 6.79. The maximum absolute atomic E-state index is 12.7. The molecular weight excluding hydrogens is 366 g/mol. The molecule has 2 aromatic carbocycles. The van der Waals surface area contributed by atoms with Crippen molar-refractivity contribution in [3.05, 3.63) is 72.4 Å². The molecule has 1 heterocycles. The number of hydrogen-bond donors (Lipinski definition) is 1. The van der Waals surface area contributed by atoms with Crippen molar-refractivity contribution in [1.29, 1.82) is 0 Å². The van der Waals surface area contributed by atoms with E-state index in [1.54, 1.807) is 10.7 Å². The molecule has 6 heteroatoms. The average Bonchev–Trinajstić information content (AvgIpc) is 3.19. The highest BCUT2D eigenvalue weighted by Crippen LogP contribution is 2.22.